The van der Waals surface area contributed by atoms with E-state index in [-0.39, 0.29) is 0 Å². The van der Waals surface area contributed by atoms with Gasteiger partial charge in [0, 0.05) is 12.0 Å². The van der Waals surface area contributed by atoms with Crippen LogP contribution in [0.25, 0.3) is 0 Å². The summed E-state index contributed by atoms with van der Waals surface area (Å²) in [5, 5.41) is 4.07. The number of hydrogen-bond donors (Lipinski definition) is 0. The third kappa shape index (κ3) is 3.84. The highest BCUT2D eigenvalue weighted by molar-refractivity contribution is 7.79. The van der Waals surface area contributed by atoms with Crippen molar-refractivity contribution in [2.24, 2.45) is 0 Å². The molecule has 0 saturated carbocycles. The first-order valence-electron chi connectivity index (χ1n) is 9.61. The molecule has 4 rings (SSSR count). The van der Waals surface area contributed by atoms with Crippen LogP contribution >= 0.6 is 7.92 Å². The summed E-state index contributed by atoms with van der Waals surface area (Å²) < 4.78 is 12.0. The van der Waals surface area contributed by atoms with Crippen molar-refractivity contribution in [3.63, 3.8) is 0 Å². The Morgan fingerprint density at radius 2 is 1.19 bits per heavy atom. The molecule has 1 fully saturated rings. The van der Waals surface area contributed by atoms with Crippen LogP contribution in [-0.4, -0.2) is 13.2 Å². The number of benzene rings is 3. The average Bonchev–Trinajstić information content (AvgIpc) is 3.20. The lowest BCUT2D eigenvalue weighted by atomic mass is 10.0. The lowest BCUT2D eigenvalue weighted by Gasteiger charge is -2.28. The number of ether oxygens (including phenoxy) is 2. The zero-order chi connectivity index (χ0) is 18.5. The third-order valence-corrected chi connectivity index (χ3v) is 7.37. The second kappa shape index (κ2) is 8.35. The van der Waals surface area contributed by atoms with E-state index in [1.54, 1.807) is 0 Å². The normalized spacial score (nSPS) is 15.9. The van der Waals surface area contributed by atoms with Crippen molar-refractivity contribution in [2.45, 2.75) is 25.6 Å². The maximum atomic E-state index is 6.02. The lowest BCUT2D eigenvalue weighted by Crippen LogP contribution is -2.28. The van der Waals surface area contributed by atoms with Gasteiger partial charge in [-0.25, -0.2) is 0 Å². The second-order valence-corrected chi connectivity index (χ2v) is 8.97. The molecule has 2 nitrogen and oxygen atoms in total. The number of hydrogen-bond acceptors (Lipinski definition) is 2. The first-order valence-corrected chi connectivity index (χ1v) is 11.0. The third-order valence-electron chi connectivity index (χ3n) is 4.93. The number of rotatable bonds is 6. The summed E-state index contributed by atoms with van der Waals surface area (Å²) in [7, 11) is -0.577. The van der Waals surface area contributed by atoms with E-state index >= 15 is 0 Å². The maximum Gasteiger partial charge on any atom is 0.194 e. The van der Waals surface area contributed by atoms with Gasteiger partial charge in [-0.3, -0.25) is 0 Å². The van der Waals surface area contributed by atoms with Crippen LogP contribution < -0.4 is 15.9 Å². The minimum absolute atomic E-state index is 0.560. The van der Waals surface area contributed by atoms with Crippen molar-refractivity contribution in [1.82, 2.24) is 0 Å². The topological polar surface area (TPSA) is 18.5 Å². The molecule has 0 amide bonds. The zero-order valence-corrected chi connectivity index (χ0v) is 16.6. The van der Waals surface area contributed by atoms with Crippen molar-refractivity contribution in [3.8, 4) is 0 Å². The molecular formula is C24H25O2P. The quantitative estimate of drug-likeness (QED) is 0.592. The first kappa shape index (κ1) is 18.4. The Hall–Kier alpha value is -1.99. The molecule has 3 aromatic rings. The zero-order valence-electron chi connectivity index (χ0n) is 15.7. The molecule has 0 spiro atoms. The average molecular weight is 376 g/mol. The summed E-state index contributed by atoms with van der Waals surface area (Å²) >= 11 is 0. The Balaban J connectivity index is 1.71. The van der Waals surface area contributed by atoms with Crippen molar-refractivity contribution < 1.29 is 9.47 Å². The van der Waals surface area contributed by atoms with Crippen LogP contribution in [0.3, 0.4) is 0 Å². The van der Waals surface area contributed by atoms with E-state index in [9.17, 15) is 0 Å². The van der Waals surface area contributed by atoms with Crippen molar-refractivity contribution in [3.05, 3.63) is 90.5 Å². The molecule has 0 N–H and O–H groups in total. The summed E-state index contributed by atoms with van der Waals surface area (Å²) in [6, 6.07) is 30.5. The molecule has 0 atom stereocenters. The van der Waals surface area contributed by atoms with Gasteiger partial charge in [-0.15, -0.1) is 0 Å². The molecule has 0 unspecified atom stereocenters. The van der Waals surface area contributed by atoms with E-state index in [4.69, 9.17) is 9.47 Å². The Kier molecular flexibility index (Phi) is 5.69. The van der Waals surface area contributed by atoms with E-state index in [1.165, 1.54) is 15.9 Å². The van der Waals surface area contributed by atoms with Gasteiger partial charge in [0.25, 0.3) is 0 Å². The van der Waals surface area contributed by atoms with Gasteiger partial charge in [-0.2, -0.15) is 0 Å². The molecule has 1 heterocycles. The summed E-state index contributed by atoms with van der Waals surface area (Å²) in [5.41, 5.74) is 1.13. The van der Waals surface area contributed by atoms with E-state index in [0.29, 0.717) is 13.2 Å². The summed E-state index contributed by atoms with van der Waals surface area (Å²) in [5.74, 6) is -0.560. The molecule has 1 aliphatic rings. The first-order chi connectivity index (χ1) is 13.3. The van der Waals surface area contributed by atoms with Gasteiger partial charge in [-0.1, -0.05) is 98.3 Å². The fourth-order valence-electron chi connectivity index (χ4n) is 3.70. The van der Waals surface area contributed by atoms with Crippen LogP contribution in [0.1, 0.15) is 25.3 Å². The fourth-order valence-corrected chi connectivity index (χ4v) is 5.99. The Morgan fingerprint density at radius 3 is 1.67 bits per heavy atom. The predicted molar refractivity (Wildman–Crippen MR) is 114 cm³/mol. The maximum absolute atomic E-state index is 6.02. The minimum atomic E-state index is -0.577. The molecule has 3 heteroatoms. The van der Waals surface area contributed by atoms with E-state index in [2.05, 4.69) is 91.9 Å². The van der Waals surface area contributed by atoms with Crippen LogP contribution in [-0.2, 0) is 15.3 Å². The van der Waals surface area contributed by atoms with Crippen LogP contribution in [0.15, 0.2) is 84.9 Å². The monoisotopic (exact) mass is 376 g/mol. The van der Waals surface area contributed by atoms with Crippen molar-refractivity contribution >= 4 is 23.8 Å². The van der Waals surface area contributed by atoms with Crippen LogP contribution in [0.2, 0.25) is 0 Å². The molecule has 1 aliphatic heterocycles. The van der Waals surface area contributed by atoms with Crippen LogP contribution in [0.5, 0.6) is 0 Å². The van der Waals surface area contributed by atoms with Gasteiger partial charge < -0.3 is 9.47 Å². The standard InChI is InChI=1S/C24H25O2P/c1-2-17-24(25-18-19-26-24)20-13-15-23(16-14-20)27(21-9-5-3-6-10-21)22-11-7-4-8-12-22/h3-16H,2,17-19H2,1H3. The van der Waals surface area contributed by atoms with E-state index in [0.717, 1.165) is 18.4 Å². The van der Waals surface area contributed by atoms with Crippen LogP contribution in [0.4, 0.5) is 0 Å². The van der Waals surface area contributed by atoms with Gasteiger partial charge in [0.2, 0.25) is 0 Å². The smallest absolute Gasteiger partial charge is 0.194 e. The molecule has 3 aromatic carbocycles. The highest BCUT2D eigenvalue weighted by Crippen LogP contribution is 2.37. The lowest BCUT2D eigenvalue weighted by molar-refractivity contribution is -0.170. The predicted octanol–water partition coefficient (Wildman–Crippen LogP) is 4.44. The van der Waals surface area contributed by atoms with Crippen LogP contribution in [0, 0.1) is 0 Å². The Bertz CT molecular complexity index is 801. The van der Waals surface area contributed by atoms with Crippen molar-refractivity contribution in [1.29, 1.82) is 0 Å². The van der Waals surface area contributed by atoms with Gasteiger partial charge in [0.05, 0.1) is 13.2 Å². The molecular weight excluding hydrogens is 351 g/mol. The Morgan fingerprint density at radius 1 is 0.704 bits per heavy atom. The summed E-state index contributed by atoms with van der Waals surface area (Å²) in [4.78, 5) is 0. The minimum Gasteiger partial charge on any atom is -0.343 e. The molecule has 138 valence electrons. The van der Waals surface area contributed by atoms with E-state index < -0.39 is 13.7 Å². The fraction of sp³-hybridized carbons (Fsp3) is 0.250. The van der Waals surface area contributed by atoms with Crippen molar-refractivity contribution in [2.75, 3.05) is 13.2 Å². The second-order valence-electron chi connectivity index (χ2n) is 6.75. The van der Waals surface area contributed by atoms with Gasteiger partial charge in [0.1, 0.15) is 0 Å². The molecule has 0 aromatic heterocycles. The summed E-state index contributed by atoms with van der Waals surface area (Å²) in [6.07, 6.45) is 1.92. The molecule has 0 bridgehead atoms. The molecule has 0 radical (unpaired) electrons. The molecule has 27 heavy (non-hydrogen) atoms. The van der Waals surface area contributed by atoms with E-state index in [1.807, 2.05) is 0 Å². The largest absolute Gasteiger partial charge is 0.343 e. The van der Waals surface area contributed by atoms with Gasteiger partial charge >= 0.3 is 0 Å². The molecule has 0 aliphatic carbocycles. The molecule has 1 saturated heterocycles. The van der Waals surface area contributed by atoms with Gasteiger partial charge in [0.15, 0.2) is 5.79 Å². The Labute approximate surface area is 162 Å². The highest BCUT2D eigenvalue weighted by atomic mass is 31.1. The van der Waals surface area contributed by atoms with Gasteiger partial charge in [-0.05, 0) is 23.8 Å². The SMILES string of the molecule is CCCC1(c2ccc(P(c3ccccc3)c3ccccc3)cc2)OCCO1. The summed E-state index contributed by atoms with van der Waals surface area (Å²) in [6.45, 7) is 3.51. The highest BCUT2D eigenvalue weighted by Gasteiger charge is 2.37.